The topological polar surface area (TPSA) is 111 Å². The largest absolute Gasteiger partial charge is 0.497 e. The van der Waals surface area contributed by atoms with E-state index in [-0.39, 0.29) is 17.1 Å². The molecule has 1 atom stereocenters. The first-order valence-corrected chi connectivity index (χ1v) is 12.1. The lowest BCUT2D eigenvalue weighted by molar-refractivity contribution is -0.118. The van der Waals surface area contributed by atoms with E-state index in [0.717, 1.165) is 16.8 Å². The fourth-order valence-electron chi connectivity index (χ4n) is 5.66. The van der Waals surface area contributed by atoms with Gasteiger partial charge >= 0.3 is 0 Å². The quantitative estimate of drug-likeness (QED) is 0.544. The summed E-state index contributed by atoms with van der Waals surface area (Å²) in [6.07, 6.45) is 0.960. The number of nitrogens with zero attached hydrogens (tertiary/aromatic N) is 3. The van der Waals surface area contributed by atoms with Crippen LogP contribution < -0.4 is 15.0 Å². The van der Waals surface area contributed by atoms with Crippen molar-refractivity contribution in [3.05, 3.63) is 88.4 Å². The number of hydrogen-bond acceptors (Lipinski definition) is 6. The molecule has 1 amide bonds. The van der Waals surface area contributed by atoms with Crippen LogP contribution in [-0.4, -0.2) is 29.0 Å². The predicted octanol–water partition coefficient (Wildman–Crippen LogP) is 4.81. The van der Waals surface area contributed by atoms with Gasteiger partial charge in [-0.15, -0.1) is 0 Å². The average Bonchev–Trinajstić information content (AvgIpc) is 3.34. The number of ketones is 1. The molecule has 3 heterocycles. The molecule has 0 fully saturated rings. The maximum absolute atomic E-state index is 13.7. The first-order valence-electron chi connectivity index (χ1n) is 12.1. The number of anilines is 1. The number of H-pyrrole nitrogens is 1. The lowest BCUT2D eigenvalue weighted by Crippen LogP contribution is -2.48. The van der Waals surface area contributed by atoms with Crippen molar-refractivity contribution >= 4 is 17.5 Å². The summed E-state index contributed by atoms with van der Waals surface area (Å²) in [4.78, 5) is 29.0. The van der Waals surface area contributed by atoms with Crippen molar-refractivity contribution in [3.8, 4) is 23.1 Å². The number of carbonyl (C=O) groups is 2. The van der Waals surface area contributed by atoms with Crippen LogP contribution in [0.1, 0.15) is 48.5 Å². The van der Waals surface area contributed by atoms with Gasteiger partial charge in [0.05, 0.1) is 30.4 Å². The highest BCUT2D eigenvalue weighted by Crippen LogP contribution is 2.52. The highest BCUT2D eigenvalue weighted by Gasteiger charge is 2.48. The first-order chi connectivity index (χ1) is 17.8. The number of nitriles is 1. The molecule has 8 heteroatoms. The van der Waals surface area contributed by atoms with Crippen molar-refractivity contribution in [1.82, 2.24) is 15.5 Å². The molecule has 8 nitrogen and oxygen atoms in total. The van der Waals surface area contributed by atoms with E-state index in [9.17, 15) is 14.9 Å². The van der Waals surface area contributed by atoms with E-state index in [2.05, 4.69) is 35.4 Å². The SMILES string of the molecule is COc1ccc(C2C(C#N)=C3NC(=O)c4c(n[nH]c4-c4ccccc4)N3C3=C2C(=O)CC(C)(C)C3)cc1. The molecule has 0 radical (unpaired) electrons. The molecule has 0 saturated heterocycles. The number of nitrogens with one attached hydrogen (secondary N) is 2. The summed E-state index contributed by atoms with van der Waals surface area (Å²) < 4.78 is 5.31. The van der Waals surface area contributed by atoms with Crippen LogP contribution in [0, 0.1) is 16.7 Å². The summed E-state index contributed by atoms with van der Waals surface area (Å²) in [6.45, 7) is 4.12. The van der Waals surface area contributed by atoms with Crippen molar-refractivity contribution in [3.63, 3.8) is 0 Å². The highest BCUT2D eigenvalue weighted by atomic mass is 16.5. The lowest BCUT2D eigenvalue weighted by atomic mass is 9.68. The van der Waals surface area contributed by atoms with Crippen LogP contribution in [0.2, 0.25) is 0 Å². The molecule has 3 aromatic rings. The lowest BCUT2D eigenvalue weighted by Gasteiger charge is -2.45. The molecule has 0 spiro atoms. The van der Waals surface area contributed by atoms with Crippen molar-refractivity contribution in [2.75, 3.05) is 12.0 Å². The Morgan fingerprint density at radius 3 is 2.49 bits per heavy atom. The molecule has 1 aliphatic carbocycles. The summed E-state index contributed by atoms with van der Waals surface area (Å²) in [5, 5.41) is 21.0. The standard InChI is InChI=1S/C29H25N5O3/c1-29(2)13-20-23(21(35)14-29)22(16-9-11-18(37-3)12-10-16)19(15-30)26-31-28(36)24-25(17-7-5-4-6-8-17)32-33-27(24)34(20)26/h4-12,22H,13-14H2,1-3H3,(H,31,36)(H,32,33). The van der Waals surface area contributed by atoms with E-state index >= 15 is 0 Å². The Labute approximate surface area is 214 Å². The van der Waals surface area contributed by atoms with Crippen molar-refractivity contribution in [2.45, 2.75) is 32.6 Å². The van der Waals surface area contributed by atoms with Crippen molar-refractivity contribution < 1.29 is 14.3 Å². The minimum absolute atomic E-state index is 0.00358. The molecular weight excluding hydrogens is 466 g/mol. The second-order valence-electron chi connectivity index (χ2n) is 10.3. The average molecular weight is 492 g/mol. The Bertz CT molecular complexity index is 1550. The third kappa shape index (κ3) is 3.46. The van der Waals surface area contributed by atoms with Crippen LogP contribution in [0.15, 0.2) is 77.3 Å². The summed E-state index contributed by atoms with van der Waals surface area (Å²) in [5.74, 6) is 0.484. The molecule has 3 aliphatic rings. The van der Waals surface area contributed by atoms with Gasteiger partial charge < -0.3 is 10.1 Å². The van der Waals surface area contributed by atoms with Gasteiger partial charge in [0.25, 0.3) is 5.91 Å². The van der Waals surface area contributed by atoms with Crippen LogP contribution in [0.4, 0.5) is 5.82 Å². The third-order valence-corrected chi connectivity index (χ3v) is 7.27. The minimum Gasteiger partial charge on any atom is -0.497 e. The van der Waals surface area contributed by atoms with Crippen LogP contribution in [0.25, 0.3) is 11.3 Å². The number of benzene rings is 2. The Hall–Kier alpha value is -4.64. The predicted molar refractivity (Wildman–Crippen MR) is 137 cm³/mol. The van der Waals surface area contributed by atoms with Gasteiger partial charge in [-0.2, -0.15) is 10.4 Å². The van der Waals surface area contributed by atoms with Crippen LogP contribution in [0.3, 0.4) is 0 Å². The maximum Gasteiger partial charge on any atom is 0.262 e. The summed E-state index contributed by atoms with van der Waals surface area (Å²) in [6, 6.07) is 19.2. The number of carbonyl (C=O) groups excluding carboxylic acids is 2. The van der Waals surface area contributed by atoms with Gasteiger partial charge in [-0.05, 0) is 29.5 Å². The molecule has 2 aromatic carbocycles. The first kappa shape index (κ1) is 22.8. The van der Waals surface area contributed by atoms with Gasteiger partial charge in [-0.1, -0.05) is 56.3 Å². The molecule has 0 bridgehead atoms. The molecule has 1 unspecified atom stereocenters. The van der Waals surface area contributed by atoms with E-state index in [1.807, 2.05) is 59.5 Å². The maximum atomic E-state index is 13.7. The Morgan fingerprint density at radius 2 is 1.81 bits per heavy atom. The van der Waals surface area contributed by atoms with Crippen LogP contribution in [-0.2, 0) is 4.79 Å². The van der Waals surface area contributed by atoms with E-state index < -0.39 is 5.92 Å². The van der Waals surface area contributed by atoms with Crippen LogP contribution in [0.5, 0.6) is 5.75 Å². The normalized spacial score (nSPS) is 20.1. The Kier molecular flexibility index (Phi) is 5.06. The summed E-state index contributed by atoms with van der Waals surface area (Å²) in [5.41, 5.74) is 3.94. The molecule has 37 heavy (non-hydrogen) atoms. The second kappa shape index (κ2) is 8.20. The highest BCUT2D eigenvalue weighted by molar-refractivity contribution is 6.10. The summed E-state index contributed by atoms with van der Waals surface area (Å²) in [7, 11) is 1.59. The van der Waals surface area contributed by atoms with E-state index in [0.29, 0.717) is 52.6 Å². The van der Waals surface area contributed by atoms with Gasteiger partial charge in [-0.3, -0.25) is 19.6 Å². The third-order valence-electron chi connectivity index (χ3n) is 7.27. The number of fused-ring (bicyclic) bond motifs is 4. The molecule has 1 aromatic heterocycles. The fraction of sp³-hybridized carbons (Fsp3) is 0.241. The number of aromatic amines is 1. The molecule has 2 aliphatic heterocycles. The van der Waals surface area contributed by atoms with Crippen LogP contribution >= 0.6 is 0 Å². The monoisotopic (exact) mass is 491 g/mol. The number of Topliss-reactive ketones (excluding diaryl/α,β-unsaturated/α-hetero) is 1. The zero-order chi connectivity index (χ0) is 25.9. The van der Waals surface area contributed by atoms with Gasteiger partial charge in [-0.25, -0.2) is 0 Å². The number of amides is 1. The number of aromatic nitrogens is 2. The summed E-state index contributed by atoms with van der Waals surface area (Å²) >= 11 is 0. The number of hydrogen-bond donors (Lipinski definition) is 2. The van der Waals surface area contributed by atoms with Gasteiger partial charge in [0.1, 0.15) is 17.1 Å². The van der Waals surface area contributed by atoms with Gasteiger partial charge in [0.2, 0.25) is 0 Å². The van der Waals surface area contributed by atoms with E-state index in [4.69, 9.17) is 4.74 Å². The zero-order valence-corrected chi connectivity index (χ0v) is 20.8. The number of methoxy groups -OCH3 is 1. The Balaban J connectivity index is 1.61. The molecule has 0 saturated carbocycles. The fourth-order valence-corrected chi connectivity index (χ4v) is 5.66. The number of ether oxygens (including phenoxy) is 1. The smallest absolute Gasteiger partial charge is 0.262 e. The number of allylic oxidation sites excluding steroid dienone is 3. The molecular formula is C29H25N5O3. The van der Waals surface area contributed by atoms with E-state index in [1.165, 1.54) is 0 Å². The minimum atomic E-state index is -0.602. The molecule has 2 N–H and O–H groups in total. The van der Waals surface area contributed by atoms with E-state index in [1.54, 1.807) is 7.11 Å². The molecule has 6 rings (SSSR count). The zero-order valence-electron chi connectivity index (χ0n) is 20.8. The number of rotatable bonds is 3. The van der Waals surface area contributed by atoms with Crippen molar-refractivity contribution in [1.29, 1.82) is 5.26 Å². The van der Waals surface area contributed by atoms with Gasteiger partial charge in [0, 0.05) is 23.3 Å². The van der Waals surface area contributed by atoms with Gasteiger partial charge in [0.15, 0.2) is 11.6 Å². The molecule has 184 valence electrons. The second-order valence-corrected chi connectivity index (χ2v) is 10.3. The van der Waals surface area contributed by atoms with Crippen molar-refractivity contribution in [2.24, 2.45) is 5.41 Å². The Morgan fingerprint density at radius 1 is 1.08 bits per heavy atom.